The summed E-state index contributed by atoms with van der Waals surface area (Å²) in [6.07, 6.45) is 4.63. The van der Waals surface area contributed by atoms with Crippen LogP contribution in [0, 0.1) is 6.92 Å². The Morgan fingerprint density at radius 2 is 2.04 bits per heavy atom. The highest BCUT2D eigenvalue weighted by molar-refractivity contribution is 6.06. The first-order chi connectivity index (χ1) is 12.5. The molecule has 0 unspecified atom stereocenters. The molecule has 27 heavy (non-hydrogen) atoms. The summed E-state index contributed by atoms with van der Waals surface area (Å²) in [5.41, 5.74) is -0.0199. The number of carbonyl (C=O) groups excluding carboxylic acids is 1. The number of fused-ring (bicyclic) bond motifs is 1. The molecule has 0 spiro atoms. The number of nitrogens with zero attached hydrogens (tertiary/aromatic N) is 2. The van der Waals surface area contributed by atoms with Gasteiger partial charge in [-0.25, -0.2) is 4.98 Å². The molecule has 7 nitrogen and oxygen atoms in total. The molecule has 146 valence electrons. The van der Waals surface area contributed by atoms with Gasteiger partial charge < -0.3 is 15.1 Å². The number of nitrogens with one attached hydrogen (secondary N) is 2. The number of piperidine rings is 1. The highest BCUT2D eigenvalue weighted by Crippen LogP contribution is 2.29. The van der Waals surface area contributed by atoms with Gasteiger partial charge in [0, 0.05) is 23.7 Å². The van der Waals surface area contributed by atoms with E-state index < -0.39 is 0 Å². The average Bonchev–Trinajstić information content (AvgIpc) is 2.84. The first kappa shape index (κ1) is 19.4. The first-order valence-electron chi connectivity index (χ1n) is 9.23. The molecule has 2 N–H and O–H groups in total. The molecule has 1 aliphatic rings. The zero-order valence-corrected chi connectivity index (χ0v) is 16.7. The Hall–Kier alpha value is -2.41. The van der Waals surface area contributed by atoms with Gasteiger partial charge in [0.25, 0.3) is 11.5 Å². The summed E-state index contributed by atoms with van der Waals surface area (Å²) >= 11 is 0. The Morgan fingerprint density at radius 1 is 1.41 bits per heavy atom. The van der Waals surface area contributed by atoms with Gasteiger partial charge in [-0.3, -0.25) is 14.2 Å². The molecule has 0 saturated carbocycles. The zero-order valence-electron chi connectivity index (χ0n) is 16.7. The lowest BCUT2D eigenvalue weighted by molar-refractivity contribution is 0.0873. The van der Waals surface area contributed by atoms with Crippen LogP contribution in [-0.2, 0) is 6.54 Å². The van der Waals surface area contributed by atoms with Crippen molar-refractivity contribution in [2.45, 2.75) is 71.1 Å². The number of hydrogen-bond acceptors (Lipinski definition) is 5. The fourth-order valence-electron chi connectivity index (χ4n) is 4.36. The molecule has 0 radical (unpaired) electrons. The van der Waals surface area contributed by atoms with Gasteiger partial charge in [-0.05, 0) is 47.5 Å². The minimum atomic E-state index is -0.298. The van der Waals surface area contributed by atoms with E-state index in [1.54, 1.807) is 13.0 Å². The predicted octanol–water partition coefficient (Wildman–Crippen LogP) is 2.52. The van der Waals surface area contributed by atoms with Crippen molar-refractivity contribution in [2.75, 3.05) is 0 Å². The fourth-order valence-corrected chi connectivity index (χ4v) is 4.36. The zero-order chi connectivity index (χ0) is 20.0. The summed E-state index contributed by atoms with van der Waals surface area (Å²) < 4.78 is 7.00. The highest BCUT2D eigenvalue weighted by atomic mass is 16.3. The molecule has 3 heterocycles. The Bertz CT molecular complexity index is 936. The standard InChI is InChI=1S/C20H28N4O3/c1-7-8-24-11-21-17-15(18(24)26)14(12(2)27-17)16(25)22-13-9-19(3,4)23-20(5,6)10-13/h7,11,13,23H,1,8-10H2,2-6H3,(H,22,25). The summed E-state index contributed by atoms with van der Waals surface area (Å²) in [6, 6.07) is 0.000159. The lowest BCUT2D eigenvalue weighted by Crippen LogP contribution is -2.62. The summed E-state index contributed by atoms with van der Waals surface area (Å²) in [5, 5.41) is 6.93. The van der Waals surface area contributed by atoms with E-state index >= 15 is 0 Å². The number of allylic oxidation sites excluding steroid dienone is 1. The van der Waals surface area contributed by atoms with Gasteiger partial charge in [0.2, 0.25) is 5.71 Å². The number of rotatable bonds is 4. The van der Waals surface area contributed by atoms with E-state index in [-0.39, 0.29) is 45.2 Å². The molecule has 1 fully saturated rings. The van der Waals surface area contributed by atoms with E-state index in [0.29, 0.717) is 12.3 Å². The van der Waals surface area contributed by atoms with Crippen molar-refractivity contribution < 1.29 is 9.21 Å². The van der Waals surface area contributed by atoms with Gasteiger partial charge in [0.15, 0.2) is 0 Å². The van der Waals surface area contributed by atoms with E-state index in [1.165, 1.54) is 10.9 Å². The molecule has 0 aliphatic carbocycles. The van der Waals surface area contributed by atoms with E-state index in [0.717, 1.165) is 12.8 Å². The van der Waals surface area contributed by atoms with Crippen LogP contribution in [0.1, 0.15) is 56.7 Å². The maximum Gasteiger partial charge on any atom is 0.265 e. The van der Waals surface area contributed by atoms with Crippen molar-refractivity contribution in [3.63, 3.8) is 0 Å². The molecule has 0 atom stereocenters. The lowest BCUT2D eigenvalue weighted by Gasteiger charge is -2.46. The largest absolute Gasteiger partial charge is 0.442 e. The van der Waals surface area contributed by atoms with Crippen molar-refractivity contribution in [3.8, 4) is 0 Å². The van der Waals surface area contributed by atoms with Crippen LogP contribution < -0.4 is 16.2 Å². The molecule has 2 aromatic rings. The maximum atomic E-state index is 13.1. The summed E-state index contributed by atoms with van der Waals surface area (Å²) in [5.74, 6) is 0.107. The minimum absolute atomic E-state index is 0.000159. The van der Waals surface area contributed by atoms with Crippen LogP contribution in [0.4, 0.5) is 0 Å². The number of aryl methyl sites for hydroxylation is 1. The molecule has 2 aromatic heterocycles. The van der Waals surface area contributed by atoms with Gasteiger partial charge in [0.05, 0.1) is 5.56 Å². The van der Waals surface area contributed by atoms with Crippen LogP contribution >= 0.6 is 0 Å². The fraction of sp³-hybridized carbons (Fsp3) is 0.550. The number of carbonyl (C=O) groups is 1. The minimum Gasteiger partial charge on any atom is -0.442 e. The van der Waals surface area contributed by atoms with Crippen molar-refractivity contribution in [1.82, 2.24) is 20.2 Å². The van der Waals surface area contributed by atoms with Gasteiger partial charge in [0.1, 0.15) is 17.5 Å². The van der Waals surface area contributed by atoms with Gasteiger partial charge >= 0.3 is 0 Å². The van der Waals surface area contributed by atoms with Crippen LogP contribution in [0.3, 0.4) is 0 Å². The average molecular weight is 372 g/mol. The number of amides is 1. The van der Waals surface area contributed by atoms with Crippen LogP contribution in [0.25, 0.3) is 11.1 Å². The number of hydrogen-bond donors (Lipinski definition) is 2. The van der Waals surface area contributed by atoms with Crippen molar-refractivity contribution in [3.05, 3.63) is 40.7 Å². The van der Waals surface area contributed by atoms with Crippen LogP contribution in [-0.4, -0.2) is 32.6 Å². The van der Waals surface area contributed by atoms with Crippen LogP contribution in [0.2, 0.25) is 0 Å². The molecule has 3 rings (SSSR count). The normalized spacial score (nSPS) is 19.1. The summed E-state index contributed by atoms with van der Waals surface area (Å²) in [7, 11) is 0. The Labute approximate surface area is 158 Å². The Balaban J connectivity index is 1.96. The molecular formula is C20H28N4O3. The molecule has 0 aromatic carbocycles. The van der Waals surface area contributed by atoms with E-state index in [9.17, 15) is 9.59 Å². The summed E-state index contributed by atoms with van der Waals surface area (Å²) in [4.78, 5) is 30.0. The molecule has 1 aliphatic heterocycles. The predicted molar refractivity (Wildman–Crippen MR) is 105 cm³/mol. The molecular weight excluding hydrogens is 344 g/mol. The highest BCUT2D eigenvalue weighted by Gasteiger charge is 2.38. The third-order valence-electron chi connectivity index (χ3n) is 4.93. The molecule has 7 heteroatoms. The van der Waals surface area contributed by atoms with E-state index in [1.807, 2.05) is 0 Å². The third kappa shape index (κ3) is 3.83. The van der Waals surface area contributed by atoms with Crippen molar-refractivity contribution in [2.24, 2.45) is 0 Å². The van der Waals surface area contributed by atoms with Gasteiger partial charge in [-0.1, -0.05) is 6.08 Å². The topological polar surface area (TPSA) is 89.2 Å². The Morgan fingerprint density at radius 3 is 2.63 bits per heavy atom. The molecule has 1 amide bonds. The van der Waals surface area contributed by atoms with E-state index in [2.05, 4.69) is 49.9 Å². The van der Waals surface area contributed by atoms with Crippen LogP contribution in [0.5, 0.6) is 0 Å². The van der Waals surface area contributed by atoms with Crippen LogP contribution in [0.15, 0.2) is 28.2 Å². The second-order valence-electron chi connectivity index (χ2n) is 8.68. The molecule has 0 bridgehead atoms. The number of aromatic nitrogens is 2. The number of furan rings is 1. The quantitative estimate of drug-likeness (QED) is 0.805. The smallest absolute Gasteiger partial charge is 0.265 e. The van der Waals surface area contributed by atoms with E-state index in [4.69, 9.17) is 4.42 Å². The Kier molecular flexibility index (Phi) is 4.76. The van der Waals surface area contributed by atoms with Gasteiger partial charge in [-0.2, -0.15) is 0 Å². The third-order valence-corrected chi connectivity index (χ3v) is 4.93. The second-order valence-corrected chi connectivity index (χ2v) is 8.68. The van der Waals surface area contributed by atoms with Crippen molar-refractivity contribution in [1.29, 1.82) is 0 Å². The molecule has 1 saturated heterocycles. The van der Waals surface area contributed by atoms with Crippen molar-refractivity contribution >= 4 is 17.0 Å². The summed E-state index contributed by atoms with van der Waals surface area (Å²) in [6.45, 7) is 14.2. The second kappa shape index (κ2) is 6.64. The first-order valence-corrected chi connectivity index (χ1v) is 9.23. The monoisotopic (exact) mass is 372 g/mol. The lowest BCUT2D eigenvalue weighted by atomic mass is 9.79. The maximum absolute atomic E-state index is 13.1. The SMILES string of the molecule is C=CCn1cnc2oc(C)c(C(=O)NC3CC(C)(C)NC(C)(C)C3)c2c1=O. The van der Waals surface area contributed by atoms with Gasteiger partial charge in [-0.15, -0.1) is 6.58 Å².